The number of hydrogen-bond acceptors (Lipinski definition) is 3. The Morgan fingerprint density at radius 3 is 2.61 bits per heavy atom. The van der Waals surface area contributed by atoms with E-state index in [4.69, 9.17) is 4.74 Å². The molecule has 1 N–H and O–H groups in total. The minimum Gasteiger partial charge on any atom is -0.497 e. The lowest BCUT2D eigenvalue weighted by atomic mass is 9.75. The number of anilines is 1. The monoisotopic (exact) mass is 418 g/mol. The quantitative estimate of drug-likeness (QED) is 0.566. The number of aromatic nitrogens is 1. The standard InChI is InChI=1S/C26H27FN2O2/c1-16-13-24-21(14-23(16)27)20(9-12-28-24)17-7-10-26(11-8-17)15-22(26)25(30)29-18-3-5-19(31-2)6-4-18/h3-6,9,12-14,17,22H,7-8,10-11,15H2,1-2H3,(H,29,30). The summed E-state index contributed by atoms with van der Waals surface area (Å²) in [6.07, 6.45) is 6.93. The van der Waals surface area contributed by atoms with Crippen molar-refractivity contribution in [3.63, 3.8) is 0 Å². The van der Waals surface area contributed by atoms with Gasteiger partial charge in [-0.15, -0.1) is 0 Å². The highest BCUT2D eigenvalue weighted by molar-refractivity contribution is 5.95. The number of rotatable bonds is 4. The predicted octanol–water partition coefficient (Wildman–Crippen LogP) is 5.99. The van der Waals surface area contributed by atoms with Gasteiger partial charge in [0.25, 0.3) is 0 Å². The van der Waals surface area contributed by atoms with Gasteiger partial charge in [-0.3, -0.25) is 9.78 Å². The van der Waals surface area contributed by atoms with Crippen molar-refractivity contribution in [2.45, 2.75) is 44.9 Å². The van der Waals surface area contributed by atoms with Crippen LogP contribution in [0.4, 0.5) is 10.1 Å². The summed E-state index contributed by atoms with van der Waals surface area (Å²) in [5.41, 5.74) is 3.63. The lowest BCUT2D eigenvalue weighted by molar-refractivity contribution is -0.118. The third-order valence-corrected chi connectivity index (χ3v) is 7.34. The molecule has 5 heteroatoms. The van der Waals surface area contributed by atoms with Gasteiger partial charge in [0, 0.05) is 23.2 Å². The van der Waals surface area contributed by atoms with E-state index in [2.05, 4.69) is 10.3 Å². The van der Waals surface area contributed by atoms with E-state index < -0.39 is 0 Å². The number of carbonyl (C=O) groups excluding carboxylic acids is 1. The first-order chi connectivity index (χ1) is 15.0. The van der Waals surface area contributed by atoms with Crippen LogP contribution in [-0.2, 0) is 4.79 Å². The molecule has 2 saturated carbocycles. The second kappa shape index (κ2) is 7.63. The number of carbonyl (C=O) groups is 1. The first-order valence-electron chi connectivity index (χ1n) is 11.0. The normalized spacial score (nSPS) is 24.9. The van der Waals surface area contributed by atoms with E-state index in [9.17, 15) is 9.18 Å². The minimum absolute atomic E-state index is 0.0878. The van der Waals surface area contributed by atoms with Crippen LogP contribution >= 0.6 is 0 Å². The Hall–Kier alpha value is -2.95. The number of nitrogens with zero attached hydrogens (tertiary/aromatic N) is 1. The topological polar surface area (TPSA) is 51.2 Å². The number of benzene rings is 2. The Morgan fingerprint density at radius 2 is 1.90 bits per heavy atom. The van der Waals surface area contributed by atoms with Crippen molar-refractivity contribution >= 4 is 22.5 Å². The molecule has 3 aromatic rings. The fourth-order valence-corrected chi connectivity index (χ4v) is 5.33. The third-order valence-electron chi connectivity index (χ3n) is 7.34. The van der Waals surface area contributed by atoms with E-state index >= 15 is 0 Å². The molecule has 2 aromatic carbocycles. The van der Waals surface area contributed by atoms with Crippen molar-refractivity contribution in [1.82, 2.24) is 4.98 Å². The molecule has 5 rings (SSSR count). The summed E-state index contributed by atoms with van der Waals surface area (Å²) in [6, 6.07) is 13.0. The minimum atomic E-state index is -0.175. The van der Waals surface area contributed by atoms with Gasteiger partial charge in [0.1, 0.15) is 11.6 Å². The Morgan fingerprint density at radius 1 is 1.16 bits per heavy atom. The molecule has 1 spiro atoms. The maximum Gasteiger partial charge on any atom is 0.228 e. The molecule has 2 aliphatic rings. The molecule has 1 unspecified atom stereocenters. The second-order valence-electron chi connectivity index (χ2n) is 9.13. The first kappa shape index (κ1) is 20.0. The molecule has 160 valence electrons. The zero-order chi connectivity index (χ0) is 21.6. The number of pyridine rings is 1. The van der Waals surface area contributed by atoms with Gasteiger partial charge in [-0.05, 0) is 104 Å². The van der Waals surface area contributed by atoms with E-state index in [1.807, 2.05) is 42.6 Å². The molecule has 4 nitrogen and oxygen atoms in total. The molecular formula is C26H27FN2O2. The zero-order valence-electron chi connectivity index (χ0n) is 18.0. The average Bonchev–Trinajstić information content (AvgIpc) is 3.49. The number of amides is 1. The van der Waals surface area contributed by atoms with Gasteiger partial charge in [-0.1, -0.05) is 0 Å². The van der Waals surface area contributed by atoms with Crippen LogP contribution in [0.2, 0.25) is 0 Å². The van der Waals surface area contributed by atoms with Gasteiger partial charge >= 0.3 is 0 Å². The summed E-state index contributed by atoms with van der Waals surface area (Å²) >= 11 is 0. The molecule has 2 aliphatic carbocycles. The van der Waals surface area contributed by atoms with Crippen molar-refractivity contribution < 1.29 is 13.9 Å². The highest BCUT2D eigenvalue weighted by atomic mass is 19.1. The molecule has 0 aliphatic heterocycles. The zero-order valence-corrected chi connectivity index (χ0v) is 18.0. The molecule has 0 saturated heterocycles. The summed E-state index contributed by atoms with van der Waals surface area (Å²) in [5, 5.41) is 3.99. The fraction of sp³-hybridized carbons (Fsp3) is 0.385. The molecule has 1 aromatic heterocycles. The van der Waals surface area contributed by atoms with Crippen LogP contribution in [0.5, 0.6) is 5.75 Å². The van der Waals surface area contributed by atoms with Crippen LogP contribution in [-0.4, -0.2) is 18.0 Å². The maximum absolute atomic E-state index is 14.2. The van der Waals surface area contributed by atoms with Crippen LogP contribution in [0.3, 0.4) is 0 Å². The van der Waals surface area contributed by atoms with Crippen molar-refractivity contribution in [3.05, 3.63) is 65.6 Å². The molecule has 1 atom stereocenters. The second-order valence-corrected chi connectivity index (χ2v) is 9.13. The molecule has 1 heterocycles. The number of hydrogen-bond donors (Lipinski definition) is 1. The van der Waals surface area contributed by atoms with Gasteiger partial charge in [0.15, 0.2) is 0 Å². The van der Waals surface area contributed by atoms with Gasteiger partial charge in [0.2, 0.25) is 5.91 Å². The smallest absolute Gasteiger partial charge is 0.228 e. The van der Waals surface area contributed by atoms with Crippen LogP contribution in [0.15, 0.2) is 48.7 Å². The van der Waals surface area contributed by atoms with Crippen molar-refractivity contribution in [3.8, 4) is 5.75 Å². The Labute approximate surface area is 181 Å². The number of aryl methyl sites for hydroxylation is 1. The van der Waals surface area contributed by atoms with Crippen molar-refractivity contribution in [1.29, 1.82) is 0 Å². The molecule has 31 heavy (non-hydrogen) atoms. The van der Waals surface area contributed by atoms with Crippen molar-refractivity contribution in [2.24, 2.45) is 11.3 Å². The summed E-state index contributed by atoms with van der Waals surface area (Å²) in [6.45, 7) is 1.78. The van der Waals surface area contributed by atoms with E-state index in [0.29, 0.717) is 11.5 Å². The number of fused-ring (bicyclic) bond motifs is 1. The van der Waals surface area contributed by atoms with Gasteiger partial charge in [-0.2, -0.15) is 0 Å². The number of methoxy groups -OCH3 is 1. The Kier molecular flexibility index (Phi) is 4.92. The highest BCUT2D eigenvalue weighted by Gasteiger charge is 2.58. The maximum atomic E-state index is 14.2. The lowest BCUT2D eigenvalue weighted by Gasteiger charge is -2.30. The summed E-state index contributed by atoms with van der Waals surface area (Å²) < 4.78 is 19.4. The summed E-state index contributed by atoms with van der Waals surface area (Å²) in [7, 11) is 1.63. The molecule has 1 amide bonds. The first-order valence-corrected chi connectivity index (χ1v) is 11.0. The summed E-state index contributed by atoms with van der Waals surface area (Å²) in [5.74, 6) is 1.20. The molecule has 0 bridgehead atoms. The van der Waals surface area contributed by atoms with Gasteiger partial charge < -0.3 is 10.1 Å². The highest BCUT2D eigenvalue weighted by Crippen LogP contribution is 2.63. The number of halogens is 1. The van der Waals surface area contributed by atoms with E-state index in [0.717, 1.165) is 54.4 Å². The Balaban J connectivity index is 1.25. The summed E-state index contributed by atoms with van der Waals surface area (Å²) in [4.78, 5) is 17.2. The number of nitrogens with one attached hydrogen (secondary N) is 1. The fourth-order valence-electron chi connectivity index (χ4n) is 5.33. The van der Waals surface area contributed by atoms with Crippen molar-refractivity contribution in [2.75, 3.05) is 12.4 Å². The van der Waals surface area contributed by atoms with Crippen LogP contribution in [0.25, 0.3) is 10.9 Å². The van der Waals surface area contributed by atoms with E-state index in [1.54, 1.807) is 20.1 Å². The lowest BCUT2D eigenvalue weighted by Crippen LogP contribution is -2.22. The van der Waals surface area contributed by atoms with E-state index in [1.165, 1.54) is 5.56 Å². The molecular weight excluding hydrogens is 391 g/mol. The SMILES string of the molecule is COc1ccc(NC(=O)C2CC23CCC(c2ccnc4cc(C)c(F)cc24)CC3)cc1. The Bertz CT molecular complexity index is 1130. The van der Waals surface area contributed by atoms with E-state index in [-0.39, 0.29) is 23.1 Å². The largest absolute Gasteiger partial charge is 0.497 e. The third kappa shape index (κ3) is 3.67. The van der Waals surface area contributed by atoms with Crippen LogP contribution in [0, 0.1) is 24.1 Å². The molecule has 0 radical (unpaired) electrons. The molecule has 2 fully saturated rings. The predicted molar refractivity (Wildman–Crippen MR) is 120 cm³/mol. The van der Waals surface area contributed by atoms with Gasteiger partial charge in [0.05, 0.1) is 12.6 Å². The van der Waals surface area contributed by atoms with Gasteiger partial charge in [-0.25, -0.2) is 4.39 Å². The van der Waals surface area contributed by atoms with Crippen LogP contribution in [0.1, 0.15) is 49.1 Å². The number of ether oxygens (including phenoxy) is 1. The van der Waals surface area contributed by atoms with Crippen LogP contribution < -0.4 is 10.1 Å². The average molecular weight is 419 g/mol.